The second-order valence-corrected chi connectivity index (χ2v) is 3.32. The van der Waals surface area contributed by atoms with E-state index in [2.05, 4.69) is 20.0 Å². The van der Waals surface area contributed by atoms with Crippen molar-refractivity contribution in [2.75, 3.05) is 13.7 Å². The van der Waals surface area contributed by atoms with Crippen LogP contribution in [0.25, 0.3) is 0 Å². The molecule has 0 spiro atoms. The lowest BCUT2D eigenvalue weighted by Crippen LogP contribution is -2.20. The summed E-state index contributed by atoms with van der Waals surface area (Å²) < 4.78 is 39.8. The molecule has 0 aliphatic carbocycles. The summed E-state index contributed by atoms with van der Waals surface area (Å²) in [6, 6.07) is 1.27. The number of halogens is 3. The summed E-state index contributed by atoms with van der Waals surface area (Å²) in [6.45, 7) is -1.39. The van der Waals surface area contributed by atoms with Crippen LogP contribution in [0.5, 0.6) is 0 Å². The quantitative estimate of drug-likeness (QED) is 0.802. The SMILES string of the molecule is CNCc1cc(=O)[nH]c(COCC(F)(F)F)n1. The molecule has 96 valence electrons. The Balaban J connectivity index is 2.62. The maximum absolute atomic E-state index is 11.8. The average Bonchev–Trinajstić information content (AvgIpc) is 2.15. The first-order valence-electron chi connectivity index (χ1n) is 4.79. The zero-order valence-corrected chi connectivity index (χ0v) is 9.10. The van der Waals surface area contributed by atoms with Gasteiger partial charge in [0.05, 0.1) is 5.69 Å². The van der Waals surface area contributed by atoms with Crippen LogP contribution in [0.4, 0.5) is 13.2 Å². The Morgan fingerprint density at radius 2 is 2.24 bits per heavy atom. The van der Waals surface area contributed by atoms with E-state index in [-0.39, 0.29) is 12.4 Å². The Bertz CT molecular complexity index is 417. The fourth-order valence-electron chi connectivity index (χ4n) is 1.17. The van der Waals surface area contributed by atoms with Crippen LogP contribution in [0.3, 0.4) is 0 Å². The Morgan fingerprint density at radius 3 is 2.82 bits per heavy atom. The Hall–Kier alpha value is -1.41. The monoisotopic (exact) mass is 251 g/mol. The van der Waals surface area contributed by atoms with Gasteiger partial charge < -0.3 is 15.0 Å². The van der Waals surface area contributed by atoms with Gasteiger partial charge in [-0.3, -0.25) is 4.79 Å². The van der Waals surface area contributed by atoms with Crippen molar-refractivity contribution < 1.29 is 17.9 Å². The molecule has 0 atom stereocenters. The summed E-state index contributed by atoms with van der Waals surface area (Å²) in [4.78, 5) is 17.4. The van der Waals surface area contributed by atoms with Crippen molar-refractivity contribution in [1.29, 1.82) is 0 Å². The van der Waals surface area contributed by atoms with Crippen LogP contribution in [-0.2, 0) is 17.9 Å². The Kier molecular flexibility index (Phi) is 4.64. The lowest BCUT2D eigenvalue weighted by atomic mass is 10.4. The number of ether oxygens (including phenoxy) is 1. The predicted octanol–water partition coefficient (Wildman–Crippen LogP) is 0.568. The topological polar surface area (TPSA) is 67.0 Å². The molecule has 1 heterocycles. The van der Waals surface area contributed by atoms with Gasteiger partial charge in [-0.1, -0.05) is 0 Å². The molecule has 0 amide bonds. The minimum absolute atomic E-state index is 0.0759. The van der Waals surface area contributed by atoms with E-state index < -0.39 is 18.3 Å². The van der Waals surface area contributed by atoms with Gasteiger partial charge in [-0.15, -0.1) is 0 Å². The van der Waals surface area contributed by atoms with E-state index in [0.717, 1.165) is 0 Å². The maximum atomic E-state index is 11.8. The number of alkyl halides is 3. The van der Waals surface area contributed by atoms with Gasteiger partial charge in [-0.05, 0) is 7.05 Å². The van der Waals surface area contributed by atoms with E-state index in [9.17, 15) is 18.0 Å². The third-order valence-electron chi connectivity index (χ3n) is 1.71. The molecule has 0 aliphatic rings. The Morgan fingerprint density at radius 1 is 1.53 bits per heavy atom. The number of H-pyrrole nitrogens is 1. The van der Waals surface area contributed by atoms with Gasteiger partial charge >= 0.3 is 6.18 Å². The molecule has 17 heavy (non-hydrogen) atoms. The van der Waals surface area contributed by atoms with E-state index in [1.807, 2.05) is 0 Å². The summed E-state index contributed by atoms with van der Waals surface area (Å²) in [7, 11) is 1.67. The standard InChI is InChI=1S/C9H12F3N3O2/c1-13-3-6-2-8(16)15-7(14-6)4-17-5-9(10,11)12/h2,13H,3-5H2,1H3,(H,14,15,16). The fourth-order valence-corrected chi connectivity index (χ4v) is 1.17. The maximum Gasteiger partial charge on any atom is 0.411 e. The highest BCUT2D eigenvalue weighted by atomic mass is 19.4. The molecule has 0 fully saturated rings. The highest BCUT2D eigenvalue weighted by Crippen LogP contribution is 2.14. The van der Waals surface area contributed by atoms with Crippen molar-refractivity contribution in [2.45, 2.75) is 19.3 Å². The fraction of sp³-hybridized carbons (Fsp3) is 0.556. The number of nitrogens with zero attached hydrogens (tertiary/aromatic N) is 1. The molecule has 1 aromatic heterocycles. The zero-order chi connectivity index (χ0) is 12.9. The lowest BCUT2D eigenvalue weighted by Gasteiger charge is -2.07. The molecule has 0 unspecified atom stereocenters. The molecule has 0 saturated carbocycles. The molecular weight excluding hydrogens is 239 g/mol. The first-order chi connectivity index (χ1) is 7.90. The summed E-state index contributed by atoms with van der Waals surface area (Å²) in [5.41, 5.74) is 0.0257. The van der Waals surface area contributed by atoms with E-state index in [1.165, 1.54) is 6.07 Å². The van der Waals surface area contributed by atoms with Gasteiger partial charge in [-0.25, -0.2) is 4.98 Å². The molecule has 0 radical (unpaired) electrons. The third kappa shape index (κ3) is 5.45. The molecule has 5 nitrogen and oxygen atoms in total. The summed E-state index contributed by atoms with van der Waals surface area (Å²) in [5.74, 6) is 0.0759. The van der Waals surface area contributed by atoms with Gasteiger partial charge in [0.25, 0.3) is 5.56 Å². The van der Waals surface area contributed by atoms with Gasteiger partial charge in [0.15, 0.2) is 0 Å². The van der Waals surface area contributed by atoms with Crippen molar-refractivity contribution in [2.24, 2.45) is 0 Å². The van der Waals surface area contributed by atoms with Crippen molar-refractivity contribution in [3.8, 4) is 0 Å². The largest absolute Gasteiger partial charge is 0.411 e. The minimum atomic E-state index is -4.39. The normalized spacial score (nSPS) is 11.8. The van der Waals surface area contributed by atoms with E-state index in [4.69, 9.17) is 0 Å². The van der Waals surface area contributed by atoms with Crippen LogP contribution >= 0.6 is 0 Å². The van der Waals surface area contributed by atoms with Crippen molar-refractivity contribution >= 4 is 0 Å². The second kappa shape index (κ2) is 5.78. The average molecular weight is 251 g/mol. The summed E-state index contributed by atoms with van der Waals surface area (Å²) in [5, 5.41) is 2.78. The molecule has 2 N–H and O–H groups in total. The first kappa shape index (κ1) is 13.7. The molecule has 1 aromatic rings. The van der Waals surface area contributed by atoms with Crippen LogP contribution in [0.2, 0.25) is 0 Å². The number of hydrogen-bond donors (Lipinski definition) is 2. The number of nitrogens with one attached hydrogen (secondary N) is 2. The Labute approximate surface area is 95.0 Å². The van der Waals surface area contributed by atoms with Gasteiger partial charge in [-0.2, -0.15) is 13.2 Å². The molecule has 0 saturated heterocycles. The molecular formula is C9H12F3N3O2. The molecule has 1 rings (SSSR count). The smallest absolute Gasteiger partial charge is 0.364 e. The third-order valence-corrected chi connectivity index (χ3v) is 1.71. The van der Waals surface area contributed by atoms with Crippen molar-refractivity contribution in [3.05, 3.63) is 27.9 Å². The van der Waals surface area contributed by atoms with E-state index >= 15 is 0 Å². The molecule has 0 bridgehead atoms. The van der Waals surface area contributed by atoms with E-state index in [1.54, 1.807) is 7.05 Å². The molecule has 0 aromatic carbocycles. The summed E-state index contributed by atoms with van der Waals surface area (Å²) >= 11 is 0. The van der Waals surface area contributed by atoms with Gasteiger partial charge in [0.2, 0.25) is 0 Å². The first-order valence-corrected chi connectivity index (χ1v) is 4.79. The number of aromatic amines is 1. The van der Waals surface area contributed by atoms with Crippen molar-refractivity contribution in [1.82, 2.24) is 15.3 Å². The number of rotatable bonds is 5. The minimum Gasteiger partial charge on any atom is -0.364 e. The number of aromatic nitrogens is 2. The van der Waals surface area contributed by atoms with E-state index in [0.29, 0.717) is 12.2 Å². The summed E-state index contributed by atoms with van der Waals surface area (Å²) in [6.07, 6.45) is -4.39. The van der Waals surface area contributed by atoms with Gasteiger partial charge in [0.1, 0.15) is 19.0 Å². The predicted molar refractivity (Wildman–Crippen MR) is 53.3 cm³/mol. The molecule has 8 heteroatoms. The second-order valence-electron chi connectivity index (χ2n) is 3.32. The van der Waals surface area contributed by atoms with Crippen LogP contribution in [-0.4, -0.2) is 29.8 Å². The molecule has 0 aliphatic heterocycles. The number of hydrogen-bond acceptors (Lipinski definition) is 4. The van der Waals surface area contributed by atoms with Crippen LogP contribution in [0.1, 0.15) is 11.5 Å². The van der Waals surface area contributed by atoms with Crippen LogP contribution in [0.15, 0.2) is 10.9 Å². The lowest BCUT2D eigenvalue weighted by molar-refractivity contribution is -0.177. The van der Waals surface area contributed by atoms with Crippen molar-refractivity contribution in [3.63, 3.8) is 0 Å². The van der Waals surface area contributed by atoms with Gasteiger partial charge in [0, 0.05) is 12.6 Å². The highest BCUT2D eigenvalue weighted by Gasteiger charge is 2.27. The highest BCUT2D eigenvalue weighted by molar-refractivity contribution is 5.02. The van der Waals surface area contributed by atoms with Crippen LogP contribution < -0.4 is 10.9 Å². The zero-order valence-electron chi connectivity index (χ0n) is 9.10. The van der Waals surface area contributed by atoms with Crippen LogP contribution in [0, 0.1) is 0 Å².